The third-order valence-corrected chi connectivity index (χ3v) is 6.41. The molecule has 1 saturated heterocycles. The quantitative estimate of drug-likeness (QED) is 0.318. The summed E-state index contributed by atoms with van der Waals surface area (Å²) >= 11 is 1.24. The number of amides is 1. The molecule has 0 aliphatic carbocycles. The summed E-state index contributed by atoms with van der Waals surface area (Å²) in [7, 11) is -0.424. The van der Waals surface area contributed by atoms with Crippen molar-refractivity contribution in [2.75, 3.05) is 30.9 Å². The summed E-state index contributed by atoms with van der Waals surface area (Å²) < 4.78 is 38.2. The number of ether oxygens (including phenoxy) is 2. The molecule has 1 amide bonds. The molecule has 2 rings (SSSR count). The lowest BCUT2D eigenvalue weighted by Crippen LogP contribution is -2.33. The molecule has 1 fully saturated rings. The van der Waals surface area contributed by atoms with Crippen molar-refractivity contribution in [3.8, 4) is 0 Å². The van der Waals surface area contributed by atoms with Gasteiger partial charge in [0, 0.05) is 24.8 Å². The number of rotatable bonds is 13. The molecule has 13 heteroatoms. The molecule has 2 unspecified atom stereocenters. The molecule has 0 bridgehead atoms. The second-order valence-electron chi connectivity index (χ2n) is 7.55. The molecule has 1 aromatic heterocycles. The Bertz CT molecular complexity index is 844. The van der Waals surface area contributed by atoms with Crippen LogP contribution in [0.2, 0.25) is 0 Å². The number of halogens is 1. The van der Waals surface area contributed by atoms with E-state index in [2.05, 4.69) is 10.3 Å². The predicted octanol–water partition coefficient (Wildman–Crippen LogP) is 2.69. The fraction of sp³-hybridized carbons (Fsp3) is 0.700. The number of carbonyl (C=O) groups is 2. The summed E-state index contributed by atoms with van der Waals surface area (Å²) in [6, 6.07) is 1.40. The van der Waals surface area contributed by atoms with E-state index in [9.17, 15) is 14.4 Å². The molecule has 0 radical (unpaired) electrons. The smallest absolute Gasteiger partial charge is 0.351 e. The Kier molecular flexibility index (Phi) is 11.9. The maximum atomic E-state index is 15.1. The Morgan fingerprint density at radius 3 is 2.76 bits per heavy atom. The van der Waals surface area contributed by atoms with Crippen LogP contribution in [0.5, 0.6) is 0 Å². The number of nitrogens with zero attached hydrogens (tertiary/aromatic N) is 2. The summed E-state index contributed by atoms with van der Waals surface area (Å²) in [5, 5.41) is 2.54. The number of hydrogen-bond acceptors (Lipinski definition) is 9. The van der Waals surface area contributed by atoms with Crippen LogP contribution >= 0.6 is 20.8 Å². The SMILES string of the molecule is CC[C@H]1O[C@@H](n2ccc(NC(C)=O)nc2=O)[C@@H](F)C1OPOCCOCCSC(=O)C(C)C. The van der Waals surface area contributed by atoms with E-state index in [0.717, 1.165) is 4.57 Å². The monoisotopic (exact) mass is 507 g/mol. The molecule has 1 aromatic rings. The molecule has 0 spiro atoms. The van der Waals surface area contributed by atoms with Crippen molar-refractivity contribution in [1.29, 1.82) is 0 Å². The topological polar surface area (TPSA) is 118 Å². The Labute approximate surface area is 198 Å². The van der Waals surface area contributed by atoms with E-state index in [4.69, 9.17) is 18.5 Å². The molecular formula is C20H31FN3O7PS. The second-order valence-corrected chi connectivity index (χ2v) is 9.34. The minimum Gasteiger partial charge on any atom is -0.378 e. The zero-order valence-corrected chi connectivity index (χ0v) is 20.9. The molecule has 33 heavy (non-hydrogen) atoms. The number of aromatic nitrogens is 2. The van der Waals surface area contributed by atoms with Crippen LogP contribution in [0.25, 0.3) is 0 Å². The van der Waals surface area contributed by atoms with Gasteiger partial charge < -0.3 is 23.8 Å². The van der Waals surface area contributed by atoms with Crippen molar-refractivity contribution in [3.05, 3.63) is 22.7 Å². The standard InChI is InChI=1S/C20H31FN3O7PS/c1-5-14-17(31-32-29-9-8-28-10-11-33-19(26)12(2)3)16(21)18(30-14)24-7-6-15(22-13(4)25)23-20(24)27/h6-7,12,14,16-18,32H,5,8-11H2,1-4H3,(H,22,23,25,27)/t14-,16+,17?,18-/m1/s1. The minimum atomic E-state index is -1.61. The first-order valence-electron chi connectivity index (χ1n) is 10.7. The average Bonchev–Trinajstić information content (AvgIpc) is 3.07. The zero-order chi connectivity index (χ0) is 24.4. The maximum absolute atomic E-state index is 15.1. The molecule has 0 saturated carbocycles. The molecule has 2 heterocycles. The van der Waals surface area contributed by atoms with Gasteiger partial charge in [0.25, 0.3) is 0 Å². The number of alkyl halides is 1. The Hall–Kier alpha value is -1.43. The Morgan fingerprint density at radius 1 is 1.36 bits per heavy atom. The van der Waals surface area contributed by atoms with E-state index in [-0.39, 0.29) is 29.4 Å². The fourth-order valence-corrected chi connectivity index (χ4v) is 4.31. The van der Waals surface area contributed by atoms with E-state index in [1.54, 1.807) is 0 Å². The van der Waals surface area contributed by atoms with Gasteiger partial charge in [-0.3, -0.25) is 14.2 Å². The van der Waals surface area contributed by atoms with Crippen LogP contribution in [0, 0.1) is 5.92 Å². The summed E-state index contributed by atoms with van der Waals surface area (Å²) in [6.45, 7) is 7.86. The van der Waals surface area contributed by atoms with Crippen molar-refractivity contribution < 1.29 is 32.5 Å². The number of hydrogen-bond donors (Lipinski definition) is 1. The molecule has 1 aliphatic rings. The van der Waals surface area contributed by atoms with E-state index in [1.807, 2.05) is 20.8 Å². The predicted molar refractivity (Wildman–Crippen MR) is 124 cm³/mol. The number of nitrogens with one attached hydrogen (secondary N) is 1. The van der Waals surface area contributed by atoms with E-state index in [1.165, 1.54) is 30.9 Å². The van der Waals surface area contributed by atoms with Crippen LogP contribution in [0.3, 0.4) is 0 Å². The van der Waals surface area contributed by atoms with Gasteiger partial charge in [0.05, 0.1) is 25.9 Å². The van der Waals surface area contributed by atoms with Gasteiger partial charge in [-0.1, -0.05) is 32.5 Å². The van der Waals surface area contributed by atoms with Crippen LogP contribution in [-0.4, -0.2) is 64.5 Å². The third kappa shape index (κ3) is 8.70. The lowest BCUT2D eigenvalue weighted by atomic mass is 10.1. The van der Waals surface area contributed by atoms with Gasteiger partial charge in [-0.15, -0.1) is 0 Å². The van der Waals surface area contributed by atoms with Crippen molar-refractivity contribution >= 4 is 37.6 Å². The molecule has 0 aromatic carbocycles. The van der Waals surface area contributed by atoms with E-state index >= 15 is 4.39 Å². The fourth-order valence-electron chi connectivity index (χ4n) is 2.95. The average molecular weight is 508 g/mol. The number of carbonyl (C=O) groups excluding carboxylic acids is 2. The van der Waals surface area contributed by atoms with Crippen molar-refractivity contribution in [3.63, 3.8) is 0 Å². The molecule has 10 nitrogen and oxygen atoms in total. The highest BCUT2D eigenvalue weighted by atomic mass is 32.2. The van der Waals surface area contributed by atoms with E-state index < -0.39 is 39.3 Å². The van der Waals surface area contributed by atoms with Crippen LogP contribution in [-0.2, 0) is 28.1 Å². The van der Waals surface area contributed by atoms with Crippen molar-refractivity contribution in [1.82, 2.24) is 9.55 Å². The third-order valence-electron chi connectivity index (χ3n) is 4.59. The van der Waals surface area contributed by atoms with Gasteiger partial charge in [-0.05, 0) is 12.5 Å². The first-order chi connectivity index (χ1) is 15.7. The normalized spacial score (nSPS) is 23.0. The maximum Gasteiger partial charge on any atom is 0.351 e. The first kappa shape index (κ1) is 27.8. The molecular weight excluding hydrogens is 476 g/mol. The number of thioether (sulfide) groups is 1. The molecule has 5 atom stereocenters. The summed E-state index contributed by atoms with van der Waals surface area (Å²) in [6.07, 6.45) is -2.45. The van der Waals surface area contributed by atoms with Gasteiger partial charge in [0.15, 0.2) is 26.5 Å². The molecule has 1 aliphatic heterocycles. The zero-order valence-electron chi connectivity index (χ0n) is 19.1. The second kappa shape index (κ2) is 14.1. The lowest BCUT2D eigenvalue weighted by molar-refractivity contribution is -0.114. The first-order valence-corrected chi connectivity index (χ1v) is 12.5. The van der Waals surface area contributed by atoms with Crippen molar-refractivity contribution in [2.24, 2.45) is 5.92 Å². The largest absolute Gasteiger partial charge is 0.378 e. The van der Waals surface area contributed by atoms with Crippen LogP contribution in [0.4, 0.5) is 10.2 Å². The lowest BCUT2D eigenvalue weighted by Gasteiger charge is -2.18. The van der Waals surface area contributed by atoms with Gasteiger partial charge in [-0.25, -0.2) is 9.18 Å². The van der Waals surface area contributed by atoms with Gasteiger partial charge >= 0.3 is 5.69 Å². The molecule has 1 N–H and O–H groups in total. The van der Waals surface area contributed by atoms with Crippen molar-refractivity contribution in [2.45, 2.75) is 58.7 Å². The van der Waals surface area contributed by atoms with Gasteiger partial charge in [0.1, 0.15) is 11.9 Å². The molecule has 186 valence electrons. The van der Waals surface area contributed by atoms with Gasteiger partial charge in [0.2, 0.25) is 5.91 Å². The highest BCUT2D eigenvalue weighted by Crippen LogP contribution is 2.37. The highest BCUT2D eigenvalue weighted by molar-refractivity contribution is 8.13. The Morgan fingerprint density at radius 2 is 2.12 bits per heavy atom. The highest BCUT2D eigenvalue weighted by Gasteiger charge is 2.46. The Balaban J connectivity index is 1.76. The van der Waals surface area contributed by atoms with Gasteiger partial charge in [-0.2, -0.15) is 4.98 Å². The summed E-state index contributed by atoms with van der Waals surface area (Å²) in [4.78, 5) is 38.6. The minimum absolute atomic E-state index is 0.000109. The van der Waals surface area contributed by atoms with E-state index in [0.29, 0.717) is 25.4 Å². The van der Waals surface area contributed by atoms with Crippen LogP contribution in [0.1, 0.15) is 40.3 Å². The number of anilines is 1. The summed E-state index contributed by atoms with van der Waals surface area (Å²) in [5.41, 5.74) is -0.742. The van der Waals surface area contributed by atoms with Crippen LogP contribution < -0.4 is 11.0 Å². The summed E-state index contributed by atoms with van der Waals surface area (Å²) in [5.74, 6) is 0.295. The van der Waals surface area contributed by atoms with Crippen LogP contribution in [0.15, 0.2) is 17.1 Å².